The normalized spacial score (nSPS) is 10.4. The van der Waals surface area contributed by atoms with E-state index in [0.29, 0.717) is 0 Å². The Kier molecular flexibility index (Phi) is 3.02. The average Bonchev–Trinajstić information content (AvgIpc) is 2.98. The molecule has 0 spiro atoms. The summed E-state index contributed by atoms with van der Waals surface area (Å²) in [4.78, 5) is 7.42. The lowest BCUT2D eigenvalue weighted by atomic mass is 10.1. The van der Waals surface area contributed by atoms with E-state index in [0.717, 1.165) is 28.1 Å². The van der Waals surface area contributed by atoms with Gasteiger partial charge in [0.2, 0.25) is 0 Å². The minimum atomic E-state index is 0.864. The van der Waals surface area contributed by atoms with E-state index in [-0.39, 0.29) is 0 Å². The van der Waals surface area contributed by atoms with Crippen LogP contribution in [-0.4, -0.2) is 17.1 Å². The number of benzene rings is 1. The zero-order valence-corrected chi connectivity index (χ0v) is 10.6. The lowest BCUT2D eigenvalue weighted by Gasteiger charge is -2.01. The molecule has 0 saturated heterocycles. The molecule has 0 amide bonds. The Labute approximate surface area is 111 Å². The van der Waals surface area contributed by atoms with Crippen LogP contribution in [0, 0.1) is 0 Å². The van der Waals surface area contributed by atoms with E-state index in [4.69, 9.17) is 4.74 Å². The van der Waals surface area contributed by atoms with Crippen molar-refractivity contribution >= 4 is 0 Å². The van der Waals surface area contributed by atoms with Crippen molar-refractivity contribution in [2.75, 3.05) is 7.11 Å². The Balaban J connectivity index is 1.92. The van der Waals surface area contributed by atoms with Crippen LogP contribution >= 0.6 is 0 Å². The van der Waals surface area contributed by atoms with Crippen molar-refractivity contribution in [1.29, 1.82) is 0 Å². The molecule has 0 aliphatic carbocycles. The summed E-state index contributed by atoms with van der Waals surface area (Å²) in [5.41, 5.74) is 4.47. The second-order valence-electron chi connectivity index (χ2n) is 4.27. The molecule has 0 saturated carbocycles. The molecule has 2 aromatic heterocycles. The molecule has 0 bridgehead atoms. The Morgan fingerprint density at radius 3 is 2.53 bits per heavy atom. The largest absolute Gasteiger partial charge is 0.497 e. The molecule has 0 fully saturated rings. The molecule has 0 aliphatic heterocycles. The highest BCUT2D eigenvalue weighted by Gasteiger charge is 2.04. The predicted molar refractivity (Wildman–Crippen MR) is 76.0 cm³/mol. The van der Waals surface area contributed by atoms with Crippen LogP contribution in [0.3, 0.4) is 0 Å². The van der Waals surface area contributed by atoms with E-state index in [1.54, 1.807) is 13.3 Å². The molecule has 0 unspecified atom stereocenters. The van der Waals surface area contributed by atoms with Crippen molar-refractivity contribution in [3.05, 3.63) is 61.1 Å². The fourth-order valence-corrected chi connectivity index (χ4v) is 2.03. The van der Waals surface area contributed by atoms with Gasteiger partial charge < -0.3 is 9.72 Å². The molecular weight excluding hydrogens is 236 g/mol. The first-order chi connectivity index (χ1) is 9.36. The number of H-pyrrole nitrogens is 1. The fourth-order valence-electron chi connectivity index (χ4n) is 2.03. The van der Waals surface area contributed by atoms with Crippen molar-refractivity contribution < 1.29 is 4.74 Å². The Bertz CT molecular complexity index is 657. The van der Waals surface area contributed by atoms with Gasteiger partial charge in [-0.05, 0) is 42.0 Å². The highest BCUT2D eigenvalue weighted by molar-refractivity contribution is 5.71. The summed E-state index contributed by atoms with van der Waals surface area (Å²) in [6.45, 7) is 0. The molecule has 0 radical (unpaired) electrons. The SMILES string of the molecule is COc1ccc(-c2cc(-c3cccnc3)c[nH]2)cc1. The van der Waals surface area contributed by atoms with Crippen LogP contribution < -0.4 is 4.74 Å². The average molecular weight is 250 g/mol. The minimum absolute atomic E-state index is 0.864. The monoisotopic (exact) mass is 250 g/mol. The summed E-state index contributed by atoms with van der Waals surface area (Å²) in [5.74, 6) is 0.864. The number of aromatic amines is 1. The van der Waals surface area contributed by atoms with Gasteiger partial charge in [-0.15, -0.1) is 0 Å². The number of ether oxygens (including phenoxy) is 1. The first-order valence-corrected chi connectivity index (χ1v) is 6.10. The third kappa shape index (κ3) is 2.36. The maximum absolute atomic E-state index is 5.16. The van der Waals surface area contributed by atoms with Gasteiger partial charge in [-0.1, -0.05) is 6.07 Å². The topological polar surface area (TPSA) is 37.9 Å². The zero-order valence-electron chi connectivity index (χ0n) is 10.6. The molecule has 1 aromatic carbocycles. The second-order valence-corrected chi connectivity index (χ2v) is 4.27. The van der Waals surface area contributed by atoms with Gasteiger partial charge in [-0.3, -0.25) is 4.98 Å². The van der Waals surface area contributed by atoms with Crippen LogP contribution in [0.5, 0.6) is 5.75 Å². The van der Waals surface area contributed by atoms with Crippen molar-refractivity contribution in [2.24, 2.45) is 0 Å². The van der Waals surface area contributed by atoms with E-state index in [2.05, 4.69) is 16.0 Å². The standard InChI is InChI=1S/C16H14N2O/c1-19-15-6-4-12(5-7-15)16-9-14(11-18-16)13-3-2-8-17-10-13/h2-11,18H,1H3. The van der Waals surface area contributed by atoms with Gasteiger partial charge in [0.05, 0.1) is 7.11 Å². The number of hydrogen-bond donors (Lipinski definition) is 1. The quantitative estimate of drug-likeness (QED) is 0.768. The minimum Gasteiger partial charge on any atom is -0.497 e. The number of nitrogens with one attached hydrogen (secondary N) is 1. The Hall–Kier alpha value is -2.55. The lowest BCUT2D eigenvalue weighted by Crippen LogP contribution is -1.82. The van der Waals surface area contributed by atoms with E-state index < -0.39 is 0 Å². The predicted octanol–water partition coefficient (Wildman–Crippen LogP) is 3.75. The molecule has 94 valence electrons. The first kappa shape index (κ1) is 11.5. The highest BCUT2D eigenvalue weighted by atomic mass is 16.5. The van der Waals surface area contributed by atoms with Gasteiger partial charge in [0.25, 0.3) is 0 Å². The van der Waals surface area contributed by atoms with Gasteiger partial charge in [0, 0.05) is 35.4 Å². The van der Waals surface area contributed by atoms with Crippen molar-refractivity contribution in [2.45, 2.75) is 0 Å². The zero-order chi connectivity index (χ0) is 13.1. The summed E-state index contributed by atoms with van der Waals surface area (Å²) in [5, 5.41) is 0. The van der Waals surface area contributed by atoms with E-state index in [1.807, 2.05) is 48.8 Å². The number of aromatic nitrogens is 2. The summed E-state index contributed by atoms with van der Waals surface area (Å²) < 4.78 is 5.16. The molecule has 0 aliphatic rings. The lowest BCUT2D eigenvalue weighted by molar-refractivity contribution is 0.415. The first-order valence-electron chi connectivity index (χ1n) is 6.10. The number of nitrogens with zero attached hydrogens (tertiary/aromatic N) is 1. The van der Waals surface area contributed by atoms with Crippen molar-refractivity contribution in [3.63, 3.8) is 0 Å². The van der Waals surface area contributed by atoms with Crippen LogP contribution in [0.4, 0.5) is 0 Å². The highest BCUT2D eigenvalue weighted by Crippen LogP contribution is 2.26. The summed E-state index contributed by atoms with van der Waals surface area (Å²) in [7, 11) is 1.67. The third-order valence-corrected chi connectivity index (χ3v) is 3.08. The third-order valence-electron chi connectivity index (χ3n) is 3.08. The molecular formula is C16H14N2O. The number of pyridine rings is 1. The van der Waals surface area contributed by atoms with Gasteiger partial charge in [-0.25, -0.2) is 0 Å². The molecule has 2 heterocycles. The van der Waals surface area contributed by atoms with Crippen molar-refractivity contribution in [3.8, 4) is 28.1 Å². The van der Waals surface area contributed by atoms with Crippen LogP contribution in [0.25, 0.3) is 22.4 Å². The Morgan fingerprint density at radius 2 is 1.84 bits per heavy atom. The van der Waals surface area contributed by atoms with E-state index in [9.17, 15) is 0 Å². The smallest absolute Gasteiger partial charge is 0.118 e. The van der Waals surface area contributed by atoms with Crippen LogP contribution in [0.1, 0.15) is 0 Å². The number of rotatable bonds is 3. The molecule has 0 atom stereocenters. The van der Waals surface area contributed by atoms with E-state index in [1.165, 1.54) is 0 Å². The van der Waals surface area contributed by atoms with Crippen LogP contribution in [-0.2, 0) is 0 Å². The summed E-state index contributed by atoms with van der Waals surface area (Å²) in [6, 6.07) is 14.1. The van der Waals surface area contributed by atoms with Crippen LogP contribution in [0.15, 0.2) is 61.1 Å². The fraction of sp³-hybridized carbons (Fsp3) is 0.0625. The van der Waals surface area contributed by atoms with Gasteiger partial charge in [-0.2, -0.15) is 0 Å². The van der Waals surface area contributed by atoms with Crippen molar-refractivity contribution in [1.82, 2.24) is 9.97 Å². The Morgan fingerprint density at radius 1 is 1.00 bits per heavy atom. The molecule has 3 heteroatoms. The van der Waals surface area contributed by atoms with Gasteiger partial charge in [0.1, 0.15) is 5.75 Å². The summed E-state index contributed by atoms with van der Waals surface area (Å²) in [6.07, 6.45) is 5.64. The molecule has 3 aromatic rings. The number of methoxy groups -OCH3 is 1. The molecule has 1 N–H and O–H groups in total. The van der Waals surface area contributed by atoms with Crippen LogP contribution in [0.2, 0.25) is 0 Å². The van der Waals surface area contributed by atoms with E-state index >= 15 is 0 Å². The number of hydrogen-bond acceptors (Lipinski definition) is 2. The van der Waals surface area contributed by atoms with Gasteiger partial charge >= 0.3 is 0 Å². The second kappa shape index (κ2) is 4.98. The molecule has 3 nitrogen and oxygen atoms in total. The maximum Gasteiger partial charge on any atom is 0.118 e. The molecule has 19 heavy (non-hydrogen) atoms. The maximum atomic E-state index is 5.16. The van der Waals surface area contributed by atoms with Gasteiger partial charge in [0.15, 0.2) is 0 Å². The molecule has 3 rings (SSSR count). The summed E-state index contributed by atoms with van der Waals surface area (Å²) >= 11 is 0.